The summed E-state index contributed by atoms with van der Waals surface area (Å²) in [5.41, 5.74) is 0. The van der Waals surface area contributed by atoms with Crippen LogP contribution in [0.15, 0.2) is 0 Å². The molecule has 0 aromatic rings. The van der Waals surface area contributed by atoms with Gasteiger partial charge in [0.1, 0.15) is 0 Å². The molecule has 0 aliphatic carbocycles. The molecule has 0 spiro atoms. The van der Waals surface area contributed by atoms with E-state index >= 15 is 0 Å². The third-order valence-corrected chi connectivity index (χ3v) is 0. The standard InChI is InChI=1S/C3H8O.C3H7.Ti/c1-3(2)4;1-3-2;/h3-4H,1-2H3;1,3H2,2H3;/q;-1;. The molecule has 0 unspecified atom stereocenters. The van der Waals surface area contributed by atoms with Gasteiger partial charge < -0.3 is 12.0 Å². The summed E-state index contributed by atoms with van der Waals surface area (Å²) in [4.78, 5) is 0. The van der Waals surface area contributed by atoms with Crippen LogP contribution in [0.25, 0.3) is 0 Å². The average Bonchev–Trinajstić information content (AvgIpc) is 1.33. The Balaban J connectivity index is -0.0000000575. The molecule has 50 valence electrons. The van der Waals surface area contributed by atoms with Crippen LogP contribution in [-0.4, -0.2) is 11.2 Å². The molecule has 0 atom stereocenters. The van der Waals surface area contributed by atoms with Crippen molar-refractivity contribution in [2.45, 2.75) is 33.3 Å². The van der Waals surface area contributed by atoms with Gasteiger partial charge in [-0.05, 0) is 13.8 Å². The van der Waals surface area contributed by atoms with Crippen LogP contribution in [0.1, 0.15) is 27.2 Å². The van der Waals surface area contributed by atoms with E-state index in [9.17, 15) is 0 Å². The van der Waals surface area contributed by atoms with Crippen molar-refractivity contribution in [2.24, 2.45) is 0 Å². The maximum absolute atomic E-state index is 8.06. The summed E-state index contributed by atoms with van der Waals surface area (Å²) in [5, 5.41) is 8.06. The van der Waals surface area contributed by atoms with E-state index in [-0.39, 0.29) is 27.8 Å². The van der Waals surface area contributed by atoms with E-state index < -0.39 is 0 Å². The van der Waals surface area contributed by atoms with Crippen LogP contribution in [-0.2, 0) is 21.7 Å². The molecule has 0 heterocycles. The van der Waals surface area contributed by atoms with Gasteiger partial charge in [-0.15, -0.1) is 0 Å². The first-order chi connectivity index (χ1) is 3.15. The Morgan fingerprint density at radius 1 is 1.50 bits per heavy atom. The third-order valence-electron chi connectivity index (χ3n) is 0. The summed E-state index contributed by atoms with van der Waals surface area (Å²) in [6.07, 6.45) is 0.833. The molecule has 0 bridgehead atoms. The van der Waals surface area contributed by atoms with E-state index in [1.54, 1.807) is 13.8 Å². The van der Waals surface area contributed by atoms with Crippen molar-refractivity contribution >= 4 is 0 Å². The van der Waals surface area contributed by atoms with Gasteiger partial charge in [0, 0.05) is 27.8 Å². The zero-order valence-corrected chi connectivity index (χ0v) is 7.50. The summed E-state index contributed by atoms with van der Waals surface area (Å²) in [5.74, 6) is 0. The third kappa shape index (κ3) is 473. The summed E-state index contributed by atoms with van der Waals surface area (Å²) >= 11 is 0. The van der Waals surface area contributed by atoms with Crippen molar-refractivity contribution in [3.05, 3.63) is 6.92 Å². The quantitative estimate of drug-likeness (QED) is 0.412. The van der Waals surface area contributed by atoms with Crippen molar-refractivity contribution in [2.75, 3.05) is 0 Å². The molecule has 0 rings (SSSR count). The Kier molecular flexibility index (Phi) is 31.0. The summed E-state index contributed by atoms with van der Waals surface area (Å²) in [6, 6.07) is 0. The summed E-state index contributed by atoms with van der Waals surface area (Å²) < 4.78 is 0. The van der Waals surface area contributed by atoms with E-state index in [0.29, 0.717) is 0 Å². The van der Waals surface area contributed by atoms with Crippen molar-refractivity contribution in [1.29, 1.82) is 0 Å². The molecular formula is C6H15OTi-. The molecule has 0 radical (unpaired) electrons. The zero-order chi connectivity index (χ0) is 6.28. The summed E-state index contributed by atoms with van der Waals surface area (Å²) in [7, 11) is 0. The van der Waals surface area contributed by atoms with Gasteiger partial charge in [0.2, 0.25) is 0 Å². The van der Waals surface area contributed by atoms with E-state index in [1.165, 1.54) is 0 Å². The Morgan fingerprint density at radius 3 is 1.50 bits per heavy atom. The first-order valence-corrected chi connectivity index (χ1v) is 2.62. The van der Waals surface area contributed by atoms with Crippen molar-refractivity contribution in [1.82, 2.24) is 0 Å². The maximum Gasteiger partial charge on any atom is 0.0483 e. The molecule has 0 saturated heterocycles. The van der Waals surface area contributed by atoms with Crippen LogP contribution >= 0.6 is 0 Å². The first-order valence-electron chi connectivity index (χ1n) is 2.62. The molecule has 1 nitrogen and oxygen atoms in total. The van der Waals surface area contributed by atoms with Gasteiger partial charge in [-0.3, -0.25) is 0 Å². The second-order valence-corrected chi connectivity index (χ2v) is 1.59. The fourth-order valence-electron chi connectivity index (χ4n) is 0. The molecule has 0 aromatic heterocycles. The van der Waals surface area contributed by atoms with Gasteiger partial charge in [-0.25, -0.2) is 0 Å². The van der Waals surface area contributed by atoms with E-state index in [4.69, 9.17) is 5.11 Å². The van der Waals surface area contributed by atoms with E-state index in [0.717, 1.165) is 6.42 Å². The normalized spacial score (nSPS) is 6.75. The molecule has 8 heavy (non-hydrogen) atoms. The monoisotopic (exact) mass is 151 g/mol. The minimum absolute atomic E-state index is 0. The maximum atomic E-state index is 8.06. The molecule has 2 heteroatoms. The Bertz CT molecular complexity index is 19.7. The van der Waals surface area contributed by atoms with E-state index in [2.05, 4.69) is 6.92 Å². The predicted octanol–water partition coefficient (Wildman–Crippen LogP) is 1.62. The molecule has 0 saturated carbocycles. The minimum Gasteiger partial charge on any atom is -0.394 e. The Hall–Kier alpha value is 0.674. The fraction of sp³-hybridized carbons (Fsp3) is 0.833. The second-order valence-electron chi connectivity index (χ2n) is 1.59. The van der Waals surface area contributed by atoms with Crippen molar-refractivity contribution in [3.63, 3.8) is 0 Å². The molecule has 0 fully saturated rings. The van der Waals surface area contributed by atoms with Crippen LogP contribution in [0.2, 0.25) is 0 Å². The van der Waals surface area contributed by atoms with Crippen molar-refractivity contribution in [3.8, 4) is 0 Å². The van der Waals surface area contributed by atoms with Crippen molar-refractivity contribution < 1.29 is 26.8 Å². The number of rotatable bonds is 0. The second kappa shape index (κ2) is 15.6. The molecule has 0 aliphatic rings. The SMILES string of the molecule is CC(C)O.[CH2-]CC.[Ti]. The van der Waals surface area contributed by atoms with Crippen LogP contribution < -0.4 is 0 Å². The predicted molar refractivity (Wildman–Crippen MR) is 33.0 cm³/mol. The van der Waals surface area contributed by atoms with Crippen LogP contribution in [0, 0.1) is 6.92 Å². The molecule has 0 aliphatic heterocycles. The van der Waals surface area contributed by atoms with Gasteiger partial charge in [0.15, 0.2) is 0 Å². The molecule has 0 amide bonds. The average molecular weight is 151 g/mol. The van der Waals surface area contributed by atoms with Crippen LogP contribution in [0.3, 0.4) is 0 Å². The Morgan fingerprint density at radius 2 is 1.50 bits per heavy atom. The largest absolute Gasteiger partial charge is 0.394 e. The van der Waals surface area contributed by atoms with Crippen LogP contribution in [0.4, 0.5) is 0 Å². The van der Waals surface area contributed by atoms with Gasteiger partial charge in [-0.1, -0.05) is 6.92 Å². The topological polar surface area (TPSA) is 20.2 Å². The zero-order valence-electron chi connectivity index (χ0n) is 5.94. The Labute approximate surface area is 67.4 Å². The van der Waals surface area contributed by atoms with E-state index in [1.807, 2.05) is 6.92 Å². The van der Waals surface area contributed by atoms with Gasteiger partial charge >= 0.3 is 0 Å². The van der Waals surface area contributed by atoms with Gasteiger partial charge in [0.05, 0.1) is 0 Å². The molecular weight excluding hydrogens is 136 g/mol. The van der Waals surface area contributed by atoms with Gasteiger partial charge in [-0.2, -0.15) is 6.42 Å². The van der Waals surface area contributed by atoms with Crippen LogP contribution in [0.5, 0.6) is 0 Å². The van der Waals surface area contributed by atoms with Gasteiger partial charge in [0.25, 0.3) is 0 Å². The summed E-state index contributed by atoms with van der Waals surface area (Å²) in [6.45, 7) is 8.94. The number of aliphatic hydroxyl groups is 1. The molecule has 0 aromatic carbocycles. The first kappa shape index (κ1) is 15.9. The fourth-order valence-corrected chi connectivity index (χ4v) is 0. The number of aliphatic hydroxyl groups excluding tert-OH is 1. The smallest absolute Gasteiger partial charge is 0.0483 e. The minimum atomic E-state index is -0.167. The number of hydrogen-bond acceptors (Lipinski definition) is 1. The number of hydrogen-bond donors (Lipinski definition) is 1. The molecule has 1 N–H and O–H groups in total.